The Morgan fingerprint density at radius 1 is 0.385 bits per heavy atom. The molecule has 1 aliphatic carbocycles. The maximum absolute atomic E-state index is 6.74. The van der Waals surface area contributed by atoms with E-state index in [1.165, 1.54) is 65.9 Å². The zero-order valence-corrected chi connectivity index (χ0v) is 39.5. The van der Waals surface area contributed by atoms with Crippen molar-refractivity contribution < 1.29 is 18.6 Å². The van der Waals surface area contributed by atoms with Gasteiger partial charge in [0.1, 0.15) is 0 Å². The summed E-state index contributed by atoms with van der Waals surface area (Å²) < 4.78 is 32.1. The quantitative estimate of drug-likeness (QED) is 0.0907. The highest BCUT2D eigenvalue weighted by atomic mass is 16.7. The summed E-state index contributed by atoms with van der Waals surface area (Å²) in [6, 6.07) is 49.6. The fourth-order valence-electron chi connectivity index (χ4n) is 11.3. The molecule has 0 bridgehead atoms. The summed E-state index contributed by atoms with van der Waals surface area (Å²) >= 11 is 0. The molecule has 3 aliphatic rings. The van der Waals surface area contributed by atoms with E-state index in [2.05, 4.69) is 198 Å². The van der Waals surface area contributed by atoms with Gasteiger partial charge >= 0.3 is 14.2 Å². The molecular weight excluding hydrogens is 798 g/mol. The maximum Gasteiger partial charge on any atom is 0.494 e. The number of fused-ring (bicyclic) bond motifs is 9. The predicted molar refractivity (Wildman–Crippen MR) is 271 cm³/mol. The zero-order chi connectivity index (χ0) is 44.9. The molecule has 2 aromatic heterocycles. The summed E-state index contributed by atoms with van der Waals surface area (Å²) in [5, 5.41) is 5.30. The number of hydrogen-bond donors (Lipinski definition) is 0. The van der Waals surface area contributed by atoms with Crippen LogP contribution in [0.5, 0.6) is 0 Å². The minimum Gasteiger partial charge on any atom is -0.399 e. The Hall–Kier alpha value is -5.11. The van der Waals surface area contributed by atoms with E-state index in [1.54, 1.807) is 0 Å². The highest BCUT2D eigenvalue weighted by Crippen LogP contribution is 2.54. The lowest BCUT2D eigenvalue weighted by atomic mass is 9.67. The van der Waals surface area contributed by atoms with Crippen LogP contribution in [0.3, 0.4) is 0 Å². The highest BCUT2D eigenvalue weighted by molar-refractivity contribution is 6.62. The van der Waals surface area contributed by atoms with Crippen molar-refractivity contribution in [1.82, 2.24) is 9.13 Å². The third-order valence-electron chi connectivity index (χ3n) is 16.3. The molecule has 2 fully saturated rings. The number of benzene rings is 6. The molecule has 0 radical (unpaired) electrons. The second kappa shape index (κ2) is 15.5. The van der Waals surface area contributed by atoms with E-state index in [9.17, 15) is 0 Å². The minimum atomic E-state index is -0.447. The lowest BCUT2D eigenvalue weighted by Gasteiger charge is -2.34. The second-order valence-corrected chi connectivity index (χ2v) is 21.2. The minimum absolute atomic E-state index is 0.258. The molecule has 0 unspecified atom stereocenters. The Balaban J connectivity index is 0.989. The van der Waals surface area contributed by atoms with Gasteiger partial charge in [-0.2, -0.15) is 0 Å². The first-order valence-electron chi connectivity index (χ1n) is 24.1. The smallest absolute Gasteiger partial charge is 0.399 e. The van der Waals surface area contributed by atoms with Crippen LogP contribution in [-0.4, -0.2) is 45.8 Å². The second-order valence-electron chi connectivity index (χ2n) is 21.2. The number of hydrogen-bond acceptors (Lipinski definition) is 4. The number of unbranched alkanes of at least 4 members (excludes halogenated alkanes) is 2. The van der Waals surface area contributed by atoms with Gasteiger partial charge in [0.15, 0.2) is 0 Å². The number of aromatic nitrogens is 2. The summed E-state index contributed by atoms with van der Waals surface area (Å²) in [7, 11) is -0.893. The predicted octanol–water partition coefficient (Wildman–Crippen LogP) is 12.5. The maximum atomic E-state index is 6.74. The Bertz CT molecular complexity index is 2770. The molecule has 8 heteroatoms. The first-order valence-corrected chi connectivity index (χ1v) is 24.1. The van der Waals surface area contributed by atoms with E-state index in [4.69, 9.17) is 18.6 Å². The summed E-state index contributed by atoms with van der Waals surface area (Å²) in [6.07, 6.45) is 6.27. The number of aryl methyl sites for hydroxylation is 2. The van der Waals surface area contributed by atoms with Crippen LogP contribution < -0.4 is 10.9 Å². The van der Waals surface area contributed by atoms with E-state index in [0.29, 0.717) is 0 Å². The summed E-state index contributed by atoms with van der Waals surface area (Å²) in [6.45, 7) is 19.1. The van der Waals surface area contributed by atoms with Crippen molar-refractivity contribution in [3.05, 3.63) is 145 Å². The van der Waals surface area contributed by atoms with E-state index in [1.807, 2.05) is 0 Å². The van der Waals surface area contributed by atoms with Crippen molar-refractivity contribution in [2.75, 3.05) is 0 Å². The molecule has 0 N–H and O–H groups in total. The van der Waals surface area contributed by atoms with Crippen LogP contribution in [0.2, 0.25) is 0 Å². The van der Waals surface area contributed by atoms with Crippen molar-refractivity contribution in [2.45, 2.75) is 135 Å². The van der Waals surface area contributed by atoms with Gasteiger partial charge in [0.2, 0.25) is 0 Å². The van der Waals surface area contributed by atoms with Crippen molar-refractivity contribution in [3.8, 4) is 11.1 Å². The fraction of sp³-hybridized carbons (Fsp3) is 0.368. The van der Waals surface area contributed by atoms with Gasteiger partial charge < -0.3 is 27.8 Å². The lowest BCUT2D eigenvalue weighted by molar-refractivity contribution is 0.00578. The van der Waals surface area contributed by atoms with Crippen LogP contribution in [0, 0.1) is 0 Å². The van der Waals surface area contributed by atoms with Crippen molar-refractivity contribution in [1.29, 1.82) is 0 Å². The lowest BCUT2D eigenvalue weighted by Crippen LogP contribution is -2.41. The van der Waals surface area contributed by atoms with Crippen LogP contribution in [0.4, 0.5) is 0 Å². The molecule has 6 nitrogen and oxygen atoms in total. The molecule has 330 valence electrons. The van der Waals surface area contributed by atoms with E-state index < -0.39 is 36.6 Å². The van der Waals surface area contributed by atoms with Gasteiger partial charge in [-0.15, -0.1) is 0 Å². The number of para-hydroxylation sites is 4. The average Bonchev–Trinajstić information content (AvgIpc) is 4.00. The van der Waals surface area contributed by atoms with Crippen LogP contribution in [0.15, 0.2) is 133 Å². The van der Waals surface area contributed by atoms with Gasteiger partial charge in [-0.25, -0.2) is 0 Å². The highest BCUT2D eigenvalue weighted by Gasteiger charge is 2.54. The molecule has 0 spiro atoms. The van der Waals surface area contributed by atoms with Crippen molar-refractivity contribution in [2.24, 2.45) is 0 Å². The van der Waals surface area contributed by atoms with Gasteiger partial charge in [-0.1, -0.05) is 122 Å². The number of nitrogens with zero attached hydrogens (tertiary/aromatic N) is 2. The van der Waals surface area contributed by atoms with Crippen molar-refractivity contribution >= 4 is 68.8 Å². The van der Waals surface area contributed by atoms with Gasteiger partial charge in [0, 0.05) is 62.1 Å². The number of rotatable bonds is 12. The van der Waals surface area contributed by atoms with Gasteiger partial charge in [-0.05, 0) is 139 Å². The zero-order valence-electron chi connectivity index (χ0n) is 39.5. The molecule has 2 saturated heterocycles. The molecule has 0 atom stereocenters. The van der Waals surface area contributed by atoms with E-state index in [0.717, 1.165) is 62.5 Å². The monoisotopic (exact) mass is 860 g/mol. The SMILES string of the molecule is CC1(C)OB(c2ccc3c(c2)C(CCCCn2c4ccccc4c4ccccc42)(CCCCn2c4ccccc4c4ccccc42)c2cc(B4OC(C)(C)C(C)(C)O4)ccc2-3)OC1(C)C. The molecular formula is C57H62B2N2O4. The first kappa shape index (κ1) is 42.5. The van der Waals surface area contributed by atoms with Crippen molar-refractivity contribution in [3.63, 3.8) is 0 Å². The van der Waals surface area contributed by atoms with Gasteiger partial charge in [-0.3, -0.25) is 0 Å². The molecule has 0 amide bonds. The molecule has 8 aromatic rings. The van der Waals surface area contributed by atoms with Gasteiger partial charge in [0.25, 0.3) is 0 Å². The summed E-state index contributed by atoms with van der Waals surface area (Å²) in [5.74, 6) is 0. The average molecular weight is 861 g/mol. The molecule has 65 heavy (non-hydrogen) atoms. The topological polar surface area (TPSA) is 46.8 Å². The summed E-state index contributed by atoms with van der Waals surface area (Å²) in [4.78, 5) is 0. The Labute approximate surface area is 385 Å². The molecule has 4 heterocycles. The molecule has 0 saturated carbocycles. The summed E-state index contributed by atoms with van der Waals surface area (Å²) in [5.41, 5.74) is 10.8. The molecule has 11 rings (SSSR count). The van der Waals surface area contributed by atoms with Crippen LogP contribution in [0.25, 0.3) is 54.7 Å². The van der Waals surface area contributed by atoms with E-state index >= 15 is 0 Å². The Kier molecular flexibility index (Phi) is 10.1. The van der Waals surface area contributed by atoms with Gasteiger partial charge in [0.05, 0.1) is 22.4 Å². The Morgan fingerprint density at radius 2 is 0.692 bits per heavy atom. The third-order valence-corrected chi connectivity index (χ3v) is 16.3. The normalized spacial score (nSPS) is 19.0. The van der Waals surface area contributed by atoms with E-state index in [-0.39, 0.29) is 5.41 Å². The molecule has 2 aliphatic heterocycles. The third kappa shape index (κ3) is 6.84. The van der Waals surface area contributed by atoms with Crippen LogP contribution in [0.1, 0.15) is 105 Å². The Morgan fingerprint density at radius 3 is 1.02 bits per heavy atom. The first-order chi connectivity index (χ1) is 31.2. The van der Waals surface area contributed by atoms with Crippen LogP contribution in [-0.2, 0) is 37.1 Å². The van der Waals surface area contributed by atoms with Crippen LogP contribution >= 0.6 is 0 Å². The molecule has 6 aromatic carbocycles. The standard InChI is InChI=1S/C57H62B2N2O4/c1-53(2)54(3,4)63-58(62-53)39-29-31-41-42-32-30-40(59-64-55(5,6)56(7,8)65-59)38-48(42)57(47(41)37-39,33-17-19-35-60-49-25-13-9-21-43(49)44-22-10-14-26-50(44)60)34-18-20-36-61-51-27-15-11-23-45(51)46-24-12-16-28-52(46)61/h9-16,21-32,37-38H,17-20,33-36H2,1-8H3. The largest absolute Gasteiger partial charge is 0.494 e. The fourth-order valence-corrected chi connectivity index (χ4v) is 11.3.